The van der Waals surface area contributed by atoms with Gasteiger partial charge in [0.1, 0.15) is 9.52 Å². The SMILES string of the molecule is COC(NC(=O)O)(OC)[SiH2]C. The summed E-state index contributed by atoms with van der Waals surface area (Å²) in [6.07, 6.45) is -1.14. The van der Waals surface area contributed by atoms with Crippen LogP contribution in [0.4, 0.5) is 4.79 Å². The maximum Gasteiger partial charge on any atom is 0.408 e. The number of ether oxygens (including phenoxy) is 2. The van der Waals surface area contributed by atoms with Gasteiger partial charge in [0, 0.05) is 14.2 Å². The summed E-state index contributed by atoms with van der Waals surface area (Å²) in [4.78, 5) is 10.2. The Bertz CT molecular complexity index is 128. The van der Waals surface area contributed by atoms with Crippen molar-refractivity contribution < 1.29 is 19.4 Å². The monoisotopic (exact) mass is 179 g/mol. The van der Waals surface area contributed by atoms with E-state index in [-0.39, 0.29) is 0 Å². The predicted octanol–water partition coefficient (Wildman–Crippen LogP) is -0.625. The first-order valence-corrected chi connectivity index (χ1v) is 5.33. The van der Waals surface area contributed by atoms with Gasteiger partial charge in [-0.15, -0.1) is 0 Å². The van der Waals surface area contributed by atoms with Crippen LogP contribution in [0.15, 0.2) is 0 Å². The first kappa shape index (κ1) is 10.4. The molecule has 5 nitrogen and oxygen atoms in total. The van der Waals surface area contributed by atoms with E-state index in [0.717, 1.165) is 0 Å². The number of carbonyl (C=O) groups is 1. The van der Waals surface area contributed by atoms with Crippen LogP contribution >= 0.6 is 0 Å². The molecule has 6 heteroatoms. The Kier molecular flexibility index (Phi) is 4.09. The highest BCUT2D eigenvalue weighted by atomic mass is 28.2. The van der Waals surface area contributed by atoms with Crippen LogP contribution in [0.1, 0.15) is 0 Å². The second kappa shape index (κ2) is 4.32. The van der Waals surface area contributed by atoms with Crippen LogP contribution in [0.3, 0.4) is 0 Å². The van der Waals surface area contributed by atoms with E-state index in [9.17, 15) is 4.79 Å². The second-order valence-electron chi connectivity index (χ2n) is 1.94. The first-order chi connectivity index (χ1) is 5.10. The Morgan fingerprint density at radius 2 is 2.00 bits per heavy atom. The highest BCUT2D eigenvalue weighted by molar-refractivity contribution is 6.37. The molecule has 0 unspecified atom stereocenters. The predicted molar refractivity (Wildman–Crippen MR) is 42.3 cm³/mol. The minimum absolute atomic E-state index is 0.758. The average molecular weight is 179 g/mol. The smallest absolute Gasteiger partial charge is 0.408 e. The summed E-state index contributed by atoms with van der Waals surface area (Å²) in [6.45, 7) is 1.89. The van der Waals surface area contributed by atoms with Gasteiger partial charge in [-0.05, 0) is 0 Å². The van der Waals surface area contributed by atoms with E-state index >= 15 is 0 Å². The van der Waals surface area contributed by atoms with E-state index in [4.69, 9.17) is 14.6 Å². The zero-order chi connectivity index (χ0) is 8.91. The molecule has 0 aromatic rings. The van der Waals surface area contributed by atoms with Crippen molar-refractivity contribution in [1.82, 2.24) is 5.32 Å². The van der Waals surface area contributed by atoms with E-state index in [0.29, 0.717) is 0 Å². The molecule has 0 heterocycles. The molecule has 66 valence electrons. The Hall–Kier alpha value is -0.593. The molecule has 0 aliphatic carbocycles. The van der Waals surface area contributed by atoms with Gasteiger partial charge in [-0.2, -0.15) is 0 Å². The van der Waals surface area contributed by atoms with E-state index in [2.05, 4.69) is 5.32 Å². The largest absolute Gasteiger partial charge is 0.465 e. The quantitative estimate of drug-likeness (QED) is 0.445. The number of hydrogen-bond acceptors (Lipinski definition) is 3. The fourth-order valence-electron chi connectivity index (χ4n) is 0.725. The van der Waals surface area contributed by atoms with Crippen molar-refractivity contribution >= 4 is 15.6 Å². The summed E-state index contributed by atoms with van der Waals surface area (Å²) >= 11 is 0. The lowest BCUT2D eigenvalue weighted by atomic mass is 10.9. The molecule has 2 N–H and O–H groups in total. The summed E-state index contributed by atoms with van der Waals surface area (Å²) < 4.78 is 9.79. The molecule has 0 bridgehead atoms. The fraction of sp³-hybridized carbons (Fsp3) is 0.800. The average Bonchev–Trinajstić information content (AvgIpc) is 2.00. The Balaban J connectivity index is 4.16. The standard InChI is InChI=1S/C5H13NO4Si/c1-9-5(10-2,11-3)6-4(7)8/h6H,11H2,1-3H3,(H,7,8). The highest BCUT2D eigenvalue weighted by Gasteiger charge is 2.28. The lowest BCUT2D eigenvalue weighted by Gasteiger charge is -2.28. The normalized spacial score (nSPS) is 12.3. The van der Waals surface area contributed by atoms with Crippen LogP contribution in [-0.4, -0.2) is 40.5 Å². The highest BCUT2D eigenvalue weighted by Crippen LogP contribution is 2.03. The molecule has 0 atom stereocenters. The van der Waals surface area contributed by atoms with Crippen molar-refractivity contribution in [1.29, 1.82) is 0 Å². The number of carboxylic acid groups (broad SMARTS) is 1. The van der Waals surface area contributed by atoms with Crippen molar-refractivity contribution in [3.05, 3.63) is 0 Å². The van der Waals surface area contributed by atoms with Crippen molar-refractivity contribution in [2.75, 3.05) is 14.2 Å². The van der Waals surface area contributed by atoms with Gasteiger partial charge in [-0.25, -0.2) is 4.79 Å². The van der Waals surface area contributed by atoms with Gasteiger partial charge < -0.3 is 14.6 Å². The molecule has 11 heavy (non-hydrogen) atoms. The zero-order valence-corrected chi connectivity index (χ0v) is 8.29. The number of amides is 1. The van der Waals surface area contributed by atoms with Crippen molar-refractivity contribution in [2.45, 2.75) is 12.1 Å². The third-order valence-electron chi connectivity index (χ3n) is 1.42. The molecule has 1 amide bonds. The topological polar surface area (TPSA) is 67.8 Å². The van der Waals surface area contributed by atoms with Crippen LogP contribution in [0.5, 0.6) is 0 Å². The van der Waals surface area contributed by atoms with Gasteiger partial charge in [0.25, 0.3) is 0 Å². The number of nitrogens with one attached hydrogen (secondary N) is 1. The Morgan fingerprint density at radius 3 is 2.09 bits per heavy atom. The zero-order valence-electron chi connectivity index (χ0n) is 6.88. The molecule has 0 aromatic carbocycles. The minimum atomic E-state index is -1.14. The van der Waals surface area contributed by atoms with Gasteiger partial charge >= 0.3 is 6.09 Å². The van der Waals surface area contributed by atoms with Crippen LogP contribution in [-0.2, 0) is 9.47 Å². The Morgan fingerprint density at radius 1 is 1.55 bits per heavy atom. The summed E-state index contributed by atoms with van der Waals surface area (Å²) in [5, 5.41) is 10.6. The van der Waals surface area contributed by atoms with Crippen molar-refractivity contribution in [3.8, 4) is 0 Å². The van der Waals surface area contributed by atoms with Crippen LogP contribution < -0.4 is 5.32 Å². The number of methoxy groups -OCH3 is 2. The van der Waals surface area contributed by atoms with Crippen LogP contribution in [0.2, 0.25) is 6.55 Å². The molecule has 0 aromatic heterocycles. The maximum atomic E-state index is 10.2. The lowest BCUT2D eigenvalue weighted by molar-refractivity contribution is -0.159. The Labute approximate surface area is 67.5 Å². The molecule has 0 rings (SSSR count). The van der Waals surface area contributed by atoms with Crippen LogP contribution in [0.25, 0.3) is 0 Å². The number of hydrogen-bond donors (Lipinski definition) is 2. The van der Waals surface area contributed by atoms with Crippen molar-refractivity contribution in [3.63, 3.8) is 0 Å². The van der Waals surface area contributed by atoms with Crippen molar-refractivity contribution in [2.24, 2.45) is 0 Å². The minimum Gasteiger partial charge on any atom is -0.465 e. The summed E-state index contributed by atoms with van der Waals surface area (Å²) in [7, 11) is 2.07. The molecule has 0 aliphatic heterocycles. The molecule has 0 saturated carbocycles. The first-order valence-electron chi connectivity index (χ1n) is 3.21. The van der Waals surface area contributed by atoms with E-state index < -0.39 is 21.1 Å². The van der Waals surface area contributed by atoms with Gasteiger partial charge in [0.15, 0.2) is 0 Å². The third-order valence-corrected chi connectivity index (χ3v) is 3.11. The summed E-state index contributed by atoms with van der Waals surface area (Å²) in [6, 6.07) is 0. The second-order valence-corrected chi connectivity index (χ2v) is 3.58. The number of rotatable bonds is 4. The fourth-order valence-corrected chi connectivity index (χ4v) is 1.63. The molecule has 0 spiro atoms. The molecular formula is C5H13NO4Si. The van der Waals surface area contributed by atoms with Gasteiger partial charge in [0.05, 0.1) is 0 Å². The van der Waals surface area contributed by atoms with E-state index in [1.807, 2.05) is 6.55 Å². The molecule has 0 fully saturated rings. The van der Waals surface area contributed by atoms with Gasteiger partial charge in [-0.1, -0.05) is 6.55 Å². The molecule has 0 radical (unpaired) electrons. The van der Waals surface area contributed by atoms with Gasteiger partial charge in [0.2, 0.25) is 5.53 Å². The van der Waals surface area contributed by atoms with E-state index in [1.165, 1.54) is 14.2 Å². The third kappa shape index (κ3) is 2.87. The van der Waals surface area contributed by atoms with Crippen LogP contribution in [0, 0.1) is 0 Å². The summed E-state index contributed by atoms with van der Waals surface area (Å²) in [5.74, 6) is 0. The maximum absolute atomic E-state index is 10.2. The molecule has 0 saturated heterocycles. The molecular weight excluding hydrogens is 166 g/mol. The summed E-state index contributed by atoms with van der Waals surface area (Å²) in [5.41, 5.74) is -1.06. The van der Waals surface area contributed by atoms with Gasteiger partial charge in [-0.3, -0.25) is 5.32 Å². The molecule has 0 aliphatic rings. The lowest BCUT2D eigenvalue weighted by Crippen LogP contribution is -2.54. The van der Waals surface area contributed by atoms with E-state index in [1.54, 1.807) is 0 Å².